The van der Waals surface area contributed by atoms with Gasteiger partial charge in [0.25, 0.3) is 5.91 Å². The fraction of sp³-hybridized carbons (Fsp3) is 0.333. The fourth-order valence-corrected chi connectivity index (χ4v) is 1.97. The van der Waals surface area contributed by atoms with E-state index in [1.165, 1.54) is 0 Å². The van der Waals surface area contributed by atoms with E-state index in [9.17, 15) is 4.79 Å². The molecular formula is C15H18N2O3. The minimum absolute atomic E-state index is 0.142. The number of hydrogen-bond acceptors (Lipinski definition) is 4. The summed E-state index contributed by atoms with van der Waals surface area (Å²) in [6.45, 7) is 2.79. The number of hydrogen-bond donors (Lipinski definition) is 1. The van der Waals surface area contributed by atoms with Crippen molar-refractivity contribution in [1.29, 1.82) is 0 Å². The molecule has 0 aliphatic heterocycles. The number of carbonyl (C=O) groups excluding carboxylic acids is 1. The number of aryl methyl sites for hydroxylation is 1. The maximum atomic E-state index is 12.1. The molecule has 1 N–H and O–H groups in total. The van der Waals surface area contributed by atoms with E-state index in [2.05, 4.69) is 10.3 Å². The number of aromatic nitrogens is 1. The minimum atomic E-state index is -0.142. The molecule has 2 rings (SSSR count). The van der Waals surface area contributed by atoms with Gasteiger partial charge in [0.2, 0.25) is 0 Å². The van der Waals surface area contributed by atoms with Gasteiger partial charge < -0.3 is 14.8 Å². The van der Waals surface area contributed by atoms with Crippen LogP contribution in [0.25, 0.3) is 10.9 Å². The van der Waals surface area contributed by atoms with Crippen LogP contribution in [-0.2, 0) is 4.74 Å². The Bertz CT molecular complexity index is 626. The third-order valence-electron chi connectivity index (χ3n) is 3.05. The number of benzene rings is 1. The number of methoxy groups -OCH3 is 2. The number of nitrogens with zero attached hydrogens (tertiary/aromatic N) is 1. The van der Waals surface area contributed by atoms with Crippen molar-refractivity contribution < 1.29 is 14.3 Å². The summed E-state index contributed by atoms with van der Waals surface area (Å²) in [4.78, 5) is 16.6. The van der Waals surface area contributed by atoms with E-state index in [4.69, 9.17) is 9.47 Å². The summed E-state index contributed by atoms with van der Waals surface area (Å²) in [5.41, 5.74) is 2.12. The van der Waals surface area contributed by atoms with Gasteiger partial charge in [-0.15, -0.1) is 0 Å². The largest absolute Gasteiger partial charge is 0.497 e. The Hall–Kier alpha value is -2.14. The first kappa shape index (κ1) is 14.3. The number of rotatable bonds is 5. The maximum absolute atomic E-state index is 12.1. The van der Waals surface area contributed by atoms with Crippen molar-refractivity contribution in [3.63, 3.8) is 0 Å². The van der Waals surface area contributed by atoms with Crippen LogP contribution >= 0.6 is 0 Å². The highest BCUT2D eigenvalue weighted by molar-refractivity contribution is 5.98. The second-order valence-electron chi connectivity index (χ2n) is 4.43. The number of ether oxygens (including phenoxy) is 2. The molecule has 20 heavy (non-hydrogen) atoms. The second kappa shape index (κ2) is 6.34. The van der Waals surface area contributed by atoms with Crippen LogP contribution in [0.3, 0.4) is 0 Å². The Morgan fingerprint density at radius 2 is 2.10 bits per heavy atom. The molecule has 1 aromatic heterocycles. The molecule has 0 bridgehead atoms. The van der Waals surface area contributed by atoms with Crippen LogP contribution in [0.5, 0.6) is 5.75 Å². The van der Waals surface area contributed by atoms with Crippen LogP contribution in [0.2, 0.25) is 0 Å². The zero-order valence-electron chi connectivity index (χ0n) is 11.9. The normalized spacial score (nSPS) is 10.6. The SMILES string of the molecule is COCCNC(=O)c1cc2cc(OC)ccc2nc1C. The number of carbonyl (C=O) groups is 1. The van der Waals surface area contributed by atoms with Crippen molar-refractivity contribution in [2.45, 2.75) is 6.92 Å². The van der Waals surface area contributed by atoms with E-state index in [1.807, 2.05) is 31.2 Å². The predicted octanol–water partition coefficient (Wildman–Crippen LogP) is 1.93. The Kier molecular flexibility index (Phi) is 4.53. The van der Waals surface area contributed by atoms with E-state index >= 15 is 0 Å². The summed E-state index contributed by atoms with van der Waals surface area (Å²) in [5, 5.41) is 3.68. The number of nitrogens with one attached hydrogen (secondary N) is 1. The zero-order chi connectivity index (χ0) is 14.5. The zero-order valence-corrected chi connectivity index (χ0v) is 11.9. The Morgan fingerprint density at radius 1 is 1.30 bits per heavy atom. The van der Waals surface area contributed by atoms with Crippen molar-refractivity contribution >= 4 is 16.8 Å². The molecule has 5 nitrogen and oxygen atoms in total. The molecule has 1 heterocycles. The van der Waals surface area contributed by atoms with Gasteiger partial charge in [-0.25, -0.2) is 0 Å². The van der Waals surface area contributed by atoms with Crippen LogP contribution in [0.1, 0.15) is 16.1 Å². The molecule has 0 aliphatic carbocycles. The van der Waals surface area contributed by atoms with E-state index in [1.54, 1.807) is 14.2 Å². The summed E-state index contributed by atoms with van der Waals surface area (Å²) >= 11 is 0. The third kappa shape index (κ3) is 3.05. The lowest BCUT2D eigenvalue weighted by molar-refractivity contribution is 0.0936. The molecule has 0 unspecified atom stereocenters. The van der Waals surface area contributed by atoms with Gasteiger partial charge in [-0.05, 0) is 31.2 Å². The lowest BCUT2D eigenvalue weighted by Gasteiger charge is -2.09. The first-order chi connectivity index (χ1) is 9.65. The molecule has 1 amide bonds. The number of amides is 1. The van der Waals surface area contributed by atoms with Crippen LogP contribution in [0.4, 0.5) is 0 Å². The van der Waals surface area contributed by atoms with Gasteiger partial charge in [-0.2, -0.15) is 0 Å². The molecule has 0 radical (unpaired) electrons. The molecular weight excluding hydrogens is 256 g/mol. The van der Waals surface area contributed by atoms with Crippen molar-refractivity contribution in [2.75, 3.05) is 27.4 Å². The van der Waals surface area contributed by atoms with Crippen molar-refractivity contribution in [3.8, 4) is 5.75 Å². The lowest BCUT2D eigenvalue weighted by atomic mass is 10.1. The molecule has 0 spiro atoms. The van der Waals surface area contributed by atoms with Crippen molar-refractivity contribution in [1.82, 2.24) is 10.3 Å². The Labute approximate surface area is 117 Å². The van der Waals surface area contributed by atoms with Gasteiger partial charge in [-0.1, -0.05) is 0 Å². The summed E-state index contributed by atoms with van der Waals surface area (Å²) in [6, 6.07) is 7.44. The first-order valence-corrected chi connectivity index (χ1v) is 6.38. The molecule has 106 valence electrons. The van der Waals surface area contributed by atoms with Crippen molar-refractivity contribution in [3.05, 3.63) is 35.5 Å². The quantitative estimate of drug-likeness (QED) is 0.846. The van der Waals surface area contributed by atoms with E-state index in [0.29, 0.717) is 24.4 Å². The second-order valence-corrected chi connectivity index (χ2v) is 4.43. The first-order valence-electron chi connectivity index (χ1n) is 6.38. The predicted molar refractivity (Wildman–Crippen MR) is 77.2 cm³/mol. The fourth-order valence-electron chi connectivity index (χ4n) is 1.97. The van der Waals surface area contributed by atoms with Gasteiger partial charge in [0, 0.05) is 19.0 Å². The maximum Gasteiger partial charge on any atom is 0.253 e. The summed E-state index contributed by atoms with van der Waals surface area (Å²) in [5.74, 6) is 0.602. The molecule has 0 aliphatic rings. The van der Waals surface area contributed by atoms with Gasteiger partial charge in [-0.3, -0.25) is 9.78 Å². The smallest absolute Gasteiger partial charge is 0.253 e. The van der Waals surface area contributed by atoms with E-state index in [-0.39, 0.29) is 5.91 Å². The Balaban J connectivity index is 2.32. The molecule has 0 saturated heterocycles. The molecule has 1 aromatic carbocycles. The van der Waals surface area contributed by atoms with E-state index in [0.717, 1.165) is 16.7 Å². The highest BCUT2D eigenvalue weighted by Crippen LogP contribution is 2.21. The topological polar surface area (TPSA) is 60.5 Å². The summed E-state index contributed by atoms with van der Waals surface area (Å²) < 4.78 is 10.1. The van der Waals surface area contributed by atoms with Gasteiger partial charge >= 0.3 is 0 Å². The number of fused-ring (bicyclic) bond motifs is 1. The molecule has 2 aromatic rings. The molecule has 0 atom stereocenters. The minimum Gasteiger partial charge on any atom is -0.497 e. The average molecular weight is 274 g/mol. The van der Waals surface area contributed by atoms with Crippen LogP contribution in [0, 0.1) is 6.92 Å². The van der Waals surface area contributed by atoms with Gasteiger partial charge in [0.05, 0.1) is 30.5 Å². The Morgan fingerprint density at radius 3 is 2.80 bits per heavy atom. The van der Waals surface area contributed by atoms with Gasteiger partial charge in [0.1, 0.15) is 5.75 Å². The molecule has 5 heteroatoms. The average Bonchev–Trinajstić information content (AvgIpc) is 2.46. The third-order valence-corrected chi connectivity index (χ3v) is 3.05. The highest BCUT2D eigenvalue weighted by Gasteiger charge is 2.11. The molecule has 0 saturated carbocycles. The highest BCUT2D eigenvalue weighted by atomic mass is 16.5. The van der Waals surface area contributed by atoms with Crippen molar-refractivity contribution in [2.24, 2.45) is 0 Å². The van der Waals surface area contributed by atoms with E-state index < -0.39 is 0 Å². The monoisotopic (exact) mass is 274 g/mol. The van der Waals surface area contributed by atoms with Gasteiger partial charge in [0.15, 0.2) is 0 Å². The van der Waals surface area contributed by atoms with Crippen LogP contribution < -0.4 is 10.1 Å². The van der Waals surface area contributed by atoms with Crippen LogP contribution in [-0.4, -0.2) is 38.3 Å². The molecule has 0 fully saturated rings. The lowest BCUT2D eigenvalue weighted by Crippen LogP contribution is -2.27. The number of pyridine rings is 1. The summed E-state index contributed by atoms with van der Waals surface area (Å²) in [6.07, 6.45) is 0. The van der Waals surface area contributed by atoms with Crippen LogP contribution in [0.15, 0.2) is 24.3 Å². The standard InChI is InChI=1S/C15H18N2O3/c1-10-13(15(18)16-6-7-19-2)9-11-8-12(20-3)4-5-14(11)17-10/h4-5,8-9H,6-7H2,1-3H3,(H,16,18). The summed E-state index contributed by atoms with van der Waals surface area (Å²) in [7, 11) is 3.21.